The largest absolute Gasteiger partial charge is 0.375 e. The molecule has 1 fully saturated rings. The molecule has 0 spiro atoms. The van der Waals surface area contributed by atoms with E-state index in [1.54, 1.807) is 19.4 Å². The monoisotopic (exact) mass is 252 g/mol. The Balaban J connectivity index is 1.93. The predicted molar refractivity (Wildman–Crippen MR) is 66.5 cm³/mol. The van der Waals surface area contributed by atoms with E-state index in [0.29, 0.717) is 5.15 Å². The maximum Gasteiger partial charge on any atom is 0.160 e. The minimum absolute atomic E-state index is 0.0644. The average molecular weight is 253 g/mol. The zero-order valence-corrected chi connectivity index (χ0v) is 10.5. The Morgan fingerprint density at radius 1 is 1.53 bits per heavy atom. The standard InChI is InChI=1S/C11H13ClN4O/c1-11(17-2)5-16(6-11)10-7-4-13-9(12)3-8(7)14-15-10/h3-4H,5-6H2,1-2H3,(H,14,15). The second-order valence-corrected chi connectivity index (χ2v) is 5.00. The van der Waals surface area contributed by atoms with Gasteiger partial charge in [0, 0.05) is 19.4 Å². The zero-order valence-electron chi connectivity index (χ0n) is 9.70. The van der Waals surface area contributed by atoms with Gasteiger partial charge in [0.15, 0.2) is 5.82 Å². The van der Waals surface area contributed by atoms with Crippen molar-refractivity contribution in [3.05, 3.63) is 17.4 Å². The Morgan fingerprint density at radius 2 is 2.29 bits per heavy atom. The number of halogens is 1. The van der Waals surface area contributed by atoms with Crippen LogP contribution in [0.1, 0.15) is 6.92 Å². The topological polar surface area (TPSA) is 54.0 Å². The number of methoxy groups -OCH3 is 1. The van der Waals surface area contributed by atoms with Crippen molar-refractivity contribution in [2.45, 2.75) is 12.5 Å². The van der Waals surface area contributed by atoms with Gasteiger partial charge in [-0.15, -0.1) is 0 Å². The van der Waals surface area contributed by atoms with E-state index >= 15 is 0 Å². The quantitative estimate of drug-likeness (QED) is 0.829. The Morgan fingerprint density at radius 3 is 3.00 bits per heavy atom. The van der Waals surface area contributed by atoms with E-state index in [1.807, 2.05) is 0 Å². The van der Waals surface area contributed by atoms with Gasteiger partial charge in [-0.1, -0.05) is 11.6 Å². The Kier molecular flexibility index (Phi) is 2.27. The molecule has 0 saturated carbocycles. The van der Waals surface area contributed by atoms with Crippen molar-refractivity contribution >= 4 is 28.3 Å². The molecule has 3 rings (SSSR count). The summed E-state index contributed by atoms with van der Waals surface area (Å²) >= 11 is 5.83. The lowest BCUT2D eigenvalue weighted by molar-refractivity contribution is -0.0170. The molecule has 3 heterocycles. The summed E-state index contributed by atoms with van der Waals surface area (Å²) in [5.74, 6) is 0.915. The smallest absolute Gasteiger partial charge is 0.160 e. The highest BCUT2D eigenvalue weighted by Crippen LogP contribution is 2.33. The molecule has 0 aromatic carbocycles. The summed E-state index contributed by atoms with van der Waals surface area (Å²) in [6.07, 6.45) is 1.75. The molecular formula is C11H13ClN4O. The lowest BCUT2D eigenvalue weighted by atomic mass is 9.96. The summed E-state index contributed by atoms with van der Waals surface area (Å²) in [4.78, 5) is 6.25. The molecule has 1 N–H and O–H groups in total. The second kappa shape index (κ2) is 3.58. The van der Waals surface area contributed by atoms with Gasteiger partial charge < -0.3 is 9.64 Å². The summed E-state index contributed by atoms with van der Waals surface area (Å²) in [5, 5.41) is 8.74. The molecule has 0 aliphatic carbocycles. The number of aromatic amines is 1. The number of ether oxygens (including phenoxy) is 1. The van der Waals surface area contributed by atoms with Crippen molar-refractivity contribution in [1.29, 1.82) is 0 Å². The number of nitrogens with zero attached hydrogens (tertiary/aromatic N) is 3. The molecule has 0 unspecified atom stereocenters. The molecule has 5 nitrogen and oxygen atoms in total. The minimum atomic E-state index is -0.0644. The number of hydrogen-bond donors (Lipinski definition) is 1. The third-order valence-corrected chi connectivity index (χ3v) is 3.44. The van der Waals surface area contributed by atoms with Crippen LogP contribution in [-0.4, -0.2) is 41.0 Å². The van der Waals surface area contributed by atoms with Crippen molar-refractivity contribution in [1.82, 2.24) is 15.2 Å². The summed E-state index contributed by atoms with van der Waals surface area (Å²) in [7, 11) is 1.74. The van der Waals surface area contributed by atoms with Gasteiger partial charge in [0.2, 0.25) is 0 Å². The zero-order chi connectivity index (χ0) is 12.0. The lowest BCUT2D eigenvalue weighted by Crippen LogP contribution is -2.61. The van der Waals surface area contributed by atoms with E-state index < -0.39 is 0 Å². The summed E-state index contributed by atoms with van der Waals surface area (Å²) in [5.41, 5.74) is 0.844. The first-order chi connectivity index (χ1) is 8.11. The second-order valence-electron chi connectivity index (χ2n) is 4.61. The van der Waals surface area contributed by atoms with Crippen LogP contribution in [0.25, 0.3) is 10.9 Å². The van der Waals surface area contributed by atoms with Crippen LogP contribution in [0, 0.1) is 0 Å². The molecule has 0 amide bonds. The fourth-order valence-corrected chi connectivity index (χ4v) is 2.31. The summed E-state index contributed by atoms with van der Waals surface area (Å²) < 4.78 is 5.42. The Hall–Kier alpha value is -1.33. The van der Waals surface area contributed by atoms with E-state index in [9.17, 15) is 0 Å². The molecule has 6 heteroatoms. The third kappa shape index (κ3) is 1.66. The van der Waals surface area contributed by atoms with Gasteiger partial charge in [-0.05, 0) is 6.92 Å². The summed E-state index contributed by atoms with van der Waals surface area (Å²) in [6.45, 7) is 3.77. The number of anilines is 1. The Labute approximate surface area is 104 Å². The molecule has 1 aliphatic rings. The summed E-state index contributed by atoms with van der Waals surface area (Å²) in [6, 6.07) is 1.78. The average Bonchev–Trinajstić information content (AvgIpc) is 2.67. The van der Waals surface area contributed by atoms with Crippen LogP contribution < -0.4 is 4.90 Å². The van der Waals surface area contributed by atoms with Gasteiger partial charge in [-0.3, -0.25) is 5.10 Å². The molecule has 17 heavy (non-hydrogen) atoms. The van der Waals surface area contributed by atoms with E-state index in [-0.39, 0.29) is 5.60 Å². The normalized spacial score (nSPS) is 18.4. The van der Waals surface area contributed by atoms with Crippen molar-refractivity contribution in [2.75, 3.05) is 25.1 Å². The number of rotatable bonds is 2. The molecule has 0 bridgehead atoms. The van der Waals surface area contributed by atoms with Crippen molar-refractivity contribution in [3.63, 3.8) is 0 Å². The van der Waals surface area contributed by atoms with E-state index in [0.717, 1.165) is 29.8 Å². The molecule has 1 saturated heterocycles. The van der Waals surface area contributed by atoms with Crippen LogP contribution in [0.2, 0.25) is 5.15 Å². The van der Waals surface area contributed by atoms with Gasteiger partial charge in [-0.25, -0.2) is 4.98 Å². The fraction of sp³-hybridized carbons (Fsp3) is 0.455. The molecule has 1 aliphatic heterocycles. The van der Waals surface area contributed by atoms with Crippen molar-refractivity contribution in [3.8, 4) is 0 Å². The van der Waals surface area contributed by atoms with Crippen LogP contribution in [0.4, 0.5) is 5.82 Å². The van der Waals surface area contributed by atoms with Gasteiger partial charge in [0.25, 0.3) is 0 Å². The third-order valence-electron chi connectivity index (χ3n) is 3.24. The highest BCUT2D eigenvalue weighted by molar-refractivity contribution is 6.30. The molecule has 0 atom stereocenters. The van der Waals surface area contributed by atoms with Crippen LogP contribution in [0.3, 0.4) is 0 Å². The minimum Gasteiger partial charge on any atom is -0.375 e. The van der Waals surface area contributed by atoms with Crippen LogP contribution in [-0.2, 0) is 4.74 Å². The van der Waals surface area contributed by atoms with Crippen LogP contribution in [0.5, 0.6) is 0 Å². The van der Waals surface area contributed by atoms with Gasteiger partial charge in [0.05, 0.1) is 29.6 Å². The molecular weight excluding hydrogens is 240 g/mol. The molecule has 0 radical (unpaired) electrons. The predicted octanol–water partition coefficient (Wildman–Crippen LogP) is 1.84. The highest BCUT2D eigenvalue weighted by Gasteiger charge is 2.40. The fourth-order valence-electron chi connectivity index (χ4n) is 2.16. The van der Waals surface area contributed by atoms with Gasteiger partial charge >= 0.3 is 0 Å². The van der Waals surface area contributed by atoms with Crippen LogP contribution in [0.15, 0.2) is 12.3 Å². The molecule has 2 aromatic rings. The van der Waals surface area contributed by atoms with Crippen molar-refractivity contribution < 1.29 is 4.74 Å². The first-order valence-electron chi connectivity index (χ1n) is 5.41. The van der Waals surface area contributed by atoms with Gasteiger partial charge in [0.1, 0.15) is 5.15 Å². The number of hydrogen-bond acceptors (Lipinski definition) is 4. The number of pyridine rings is 1. The van der Waals surface area contributed by atoms with E-state index in [2.05, 4.69) is 27.0 Å². The number of fused-ring (bicyclic) bond motifs is 1. The lowest BCUT2D eigenvalue weighted by Gasteiger charge is -2.47. The van der Waals surface area contributed by atoms with E-state index in [1.165, 1.54) is 0 Å². The molecule has 90 valence electrons. The highest BCUT2D eigenvalue weighted by atomic mass is 35.5. The van der Waals surface area contributed by atoms with E-state index in [4.69, 9.17) is 16.3 Å². The SMILES string of the molecule is COC1(C)CN(c2n[nH]c3cc(Cl)ncc23)C1. The van der Waals surface area contributed by atoms with Crippen LogP contribution >= 0.6 is 11.6 Å². The Bertz CT molecular complexity index is 562. The number of nitrogens with one attached hydrogen (secondary N) is 1. The number of H-pyrrole nitrogens is 1. The first kappa shape index (κ1) is 10.8. The maximum absolute atomic E-state index is 5.83. The first-order valence-corrected chi connectivity index (χ1v) is 5.79. The number of aromatic nitrogens is 3. The van der Waals surface area contributed by atoms with Crippen molar-refractivity contribution in [2.24, 2.45) is 0 Å². The van der Waals surface area contributed by atoms with Gasteiger partial charge in [-0.2, -0.15) is 5.10 Å². The maximum atomic E-state index is 5.83. The molecule has 2 aromatic heterocycles.